The van der Waals surface area contributed by atoms with Gasteiger partial charge < -0.3 is 21.6 Å². The van der Waals surface area contributed by atoms with Gasteiger partial charge in [-0.2, -0.15) is 0 Å². The molecule has 11 heavy (non-hydrogen) atoms. The summed E-state index contributed by atoms with van der Waals surface area (Å²) in [5.74, 6) is 0.449. The zero-order valence-electron chi connectivity index (χ0n) is 6.55. The lowest BCUT2D eigenvalue weighted by molar-refractivity contribution is -0.109. The van der Waals surface area contributed by atoms with Crippen molar-refractivity contribution in [2.75, 3.05) is 6.54 Å². The summed E-state index contributed by atoms with van der Waals surface area (Å²) in [7, 11) is 0. The van der Waals surface area contributed by atoms with Gasteiger partial charge in [0.05, 0.1) is 11.9 Å². The van der Waals surface area contributed by atoms with Crippen LogP contribution in [0, 0.1) is 0 Å². The van der Waals surface area contributed by atoms with Gasteiger partial charge in [0.1, 0.15) is 6.29 Å². The molecule has 0 aliphatic rings. The van der Waals surface area contributed by atoms with E-state index in [2.05, 4.69) is 11.9 Å². The van der Waals surface area contributed by atoms with Crippen molar-refractivity contribution in [3.05, 3.63) is 12.4 Å². The summed E-state index contributed by atoms with van der Waals surface area (Å²) >= 11 is 0. The number of aldehydes is 1. The quantitative estimate of drug-likeness (QED) is 0.352. The summed E-state index contributed by atoms with van der Waals surface area (Å²) < 4.78 is 0. The Morgan fingerprint density at radius 3 is 2.82 bits per heavy atom. The van der Waals surface area contributed by atoms with E-state index in [9.17, 15) is 4.79 Å². The molecule has 0 saturated carbocycles. The second-order valence-electron chi connectivity index (χ2n) is 2.39. The standard InChI is InChI=1S/C7H15N3O/c1-6(8)10-4-2-3-7(9)5-11/h5,7,10H,1-4,8-9H2. The van der Waals surface area contributed by atoms with Gasteiger partial charge in [-0.1, -0.05) is 6.58 Å². The van der Waals surface area contributed by atoms with Crippen LogP contribution in [0.1, 0.15) is 12.8 Å². The second kappa shape index (κ2) is 5.73. The van der Waals surface area contributed by atoms with E-state index in [1.54, 1.807) is 0 Å². The first-order valence-corrected chi connectivity index (χ1v) is 3.56. The van der Waals surface area contributed by atoms with Crippen molar-refractivity contribution in [3.63, 3.8) is 0 Å². The fraction of sp³-hybridized carbons (Fsp3) is 0.571. The molecule has 4 nitrogen and oxygen atoms in total. The lowest BCUT2D eigenvalue weighted by Crippen LogP contribution is -2.25. The molecule has 0 spiro atoms. The predicted molar refractivity (Wildman–Crippen MR) is 44.6 cm³/mol. The van der Waals surface area contributed by atoms with Crippen LogP contribution in [-0.2, 0) is 4.79 Å². The summed E-state index contributed by atoms with van der Waals surface area (Å²) in [5.41, 5.74) is 10.6. The Balaban J connectivity index is 3.14. The van der Waals surface area contributed by atoms with E-state index in [1.165, 1.54) is 0 Å². The SMILES string of the molecule is C=C(N)NCCCC(N)C=O. The van der Waals surface area contributed by atoms with E-state index >= 15 is 0 Å². The molecule has 5 N–H and O–H groups in total. The molecule has 0 heterocycles. The summed E-state index contributed by atoms with van der Waals surface area (Å²) in [6, 6.07) is -0.345. The van der Waals surface area contributed by atoms with Crippen LogP contribution in [0.3, 0.4) is 0 Å². The van der Waals surface area contributed by atoms with E-state index < -0.39 is 0 Å². The Morgan fingerprint density at radius 1 is 1.73 bits per heavy atom. The minimum absolute atomic E-state index is 0.345. The fourth-order valence-corrected chi connectivity index (χ4v) is 0.655. The van der Waals surface area contributed by atoms with Crippen LogP contribution >= 0.6 is 0 Å². The molecule has 0 amide bonds. The van der Waals surface area contributed by atoms with E-state index in [-0.39, 0.29) is 6.04 Å². The zero-order chi connectivity index (χ0) is 8.69. The largest absolute Gasteiger partial charge is 0.386 e. The molecule has 0 fully saturated rings. The number of carbonyl (C=O) groups excluding carboxylic acids is 1. The summed E-state index contributed by atoms with van der Waals surface area (Å²) in [6.45, 7) is 4.18. The van der Waals surface area contributed by atoms with Crippen molar-refractivity contribution in [1.82, 2.24) is 5.32 Å². The van der Waals surface area contributed by atoms with Crippen LogP contribution in [0.5, 0.6) is 0 Å². The summed E-state index contributed by atoms with van der Waals surface area (Å²) in [6.07, 6.45) is 2.26. The molecular weight excluding hydrogens is 142 g/mol. The topological polar surface area (TPSA) is 81.1 Å². The lowest BCUT2D eigenvalue weighted by Gasteiger charge is -2.05. The number of hydrogen-bond donors (Lipinski definition) is 3. The third kappa shape index (κ3) is 6.86. The van der Waals surface area contributed by atoms with Crippen LogP contribution in [0.4, 0.5) is 0 Å². The van der Waals surface area contributed by atoms with Gasteiger partial charge >= 0.3 is 0 Å². The average Bonchev–Trinajstić information content (AvgIpc) is 1.97. The molecular formula is C7H15N3O. The predicted octanol–water partition coefficient (Wildman–Crippen LogP) is -0.688. The minimum Gasteiger partial charge on any atom is -0.386 e. The highest BCUT2D eigenvalue weighted by molar-refractivity contribution is 5.56. The van der Waals surface area contributed by atoms with E-state index in [1.807, 2.05) is 0 Å². The van der Waals surface area contributed by atoms with Crippen molar-refractivity contribution in [3.8, 4) is 0 Å². The van der Waals surface area contributed by atoms with Crippen molar-refractivity contribution >= 4 is 6.29 Å². The van der Waals surface area contributed by atoms with Crippen molar-refractivity contribution < 1.29 is 4.79 Å². The Bertz CT molecular complexity index is 136. The highest BCUT2D eigenvalue weighted by Gasteiger charge is 1.97. The third-order valence-electron chi connectivity index (χ3n) is 1.24. The summed E-state index contributed by atoms with van der Waals surface area (Å²) in [5, 5.41) is 2.84. The van der Waals surface area contributed by atoms with Crippen LogP contribution in [-0.4, -0.2) is 18.9 Å². The summed E-state index contributed by atoms with van der Waals surface area (Å²) in [4.78, 5) is 10.0. The first kappa shape index (κ1) is 9.97. The molecule has 0 aliphatic heterocycles. The van der Waals surface area contributed by atoms with Crippen LogP contribution in [0.15, 0.2) is 12.4 Å². The monoisotopic (exact) mass is 157 g/mol. The highest BCUT2D eigenvalue weighted by atomic mass is 16.1. The second-order valence-corrected chi connectivity index (χ2v) is 2.39. The molecule has 0 bridgehead atoms. The maximum absolute atomic E-state index is 10.0. The van der Waals surface area contributed by atoms with Gasteiger partial charge in [0.15, 0.2) is 0 Å². The van der Waals surface area contributed by atoms with Crippen molar-refractivity contribution in [2.45, 2.75) is 18.9 Å². The van der Waals surface area contributed by atoms with Crippen molar-refractivity contribution in [1.29, 1.82) is 0 Å². The van der Waals surface area contributed by atoms with Gasteiger partial charge in [0.2, 0.25) is 0 Å². The van der Waals surface area contributed by atoms with Gasteiger partial charge in [-0.05, 0) is 12.8 Å². The first-order chi connectivity index (χ1) is 5.16. The molecule has 0 radical (unpaired) electrons. The number of rotatable bonds is 6. The molecule has 0 aromatic heterocycles. The Hall–Kier alpha value is -1.03. The number of nitrogens with one attached hydrogen (secondary N) is 1. The molecule has 1 unspecified atom stereocenters. The zero-order valence-corrected chi connectivity index (χ0v) is 6.55. The smallest absolute Gasteiger partial charge is 0.136 e. The van der Waals surface area contributed by atoms with Gasteiger partial charge in [-0.3, -0.25) is 0 Å². The van der Waals surface area contributed by atoms with E-state index in [0.29, 0.717) is 12.2 Å². The van der Waals surface area contributed by atoms with Crippen LogP contribution < -0.4 is 16.8 Å². The Kier molecular flexibility index (Phi) is 5.20. The molecule has 4 heteroatoms. The van der Waals surface area contributed by atoms with Gasteiger partial charge in [0, 0.05) is 6.54 Å². The van der Waals surface area contributed by atoms with E-state index in [4.69, 9.17) is 11.5 Å². The maximum atomic E-state index is 10.0. The lowest BCUT2D eigenvalue weighted by atomic mass is 10.2. The maximum Gasteiger partial charge on any atom is 0.136 e. The highest BCUT2D eigenvalue weighted by Crippen LogP contribution is 1.89. The van der Waals surface area contributed by atoms with Crippen LogP contribution in [0.25, 0.3) is 0 Å². The minimum atomic E-state index is -0.345. The molecule has 64 valence electrons. The van der Waals surface area contributed by atoms with E-state index in [0.717, 1.165) is 19.3 Å². The normalized spacial score (nSPS) is 12.1. The fourth-order valence-electron chi connectivity index (χ4n) is 0.655. The molecule has 0 aliphatic carbocycles. The molecule has 0 aromatic carbocycles. The molecule has 0 rings (SSSR count). The van der Waals surface area contributed by atoms with Gasteiger partial charge in [-0.15, -0.1) is 0 Å². The van der Waals surface area contributed by atoms with Gasteiger partial charge in [0.25, 0.3) is 0 Å². The number of nitrogens with two attached hydrogens (primary N) is 2. The first-order valence-electron chi connectivity index (χ1n) is 3.56. The Morgan fingerprint density at radius 2 is 2.36 bits per heavy atom. The molecule has 0 aromatic rings. The molecule has 1 atom stereocenters. The average molecular weight is 157 g/mol. The number of carbonyl (C=O) groups is 1. The Labute approximate surface area is 66.6 Å². The van der Waals surface area contributed by atoms with Crippen LogP contribution in [0.2, 0.25) is 0 Å². The molecule has 0 saturated heterocycles. The third-order valence-corrected chi connectivity index (χ3v) is 1.24. The van der Waals surface area contributed by atoms with Gasteiger partial charge in [-0.25, -0.2) is 0 Å². The van der Waals surface area contributed by atoms with Crippen molar-refractivity contribution in [2.24, 2.45) is 11.5 Å². The number of hydrogen-bond acceptors (Lipinski definition) is 4.